The summed E-state index contributed by atoms with van der Waals surface area (Å²) in [5.41, 5.74) is 21.0. The largest absolute Gasteiger partial charge is 0.310 e. The zero-order chi connectivity index (χ0) is 54.4. The highest BCUT2D eigenvalue weighted by atomic mass is 15.1. The minimum absolute atomic E-state index is 1.09. The van der Waals surface area contributed by atoms with Gasteiger partial charge in [0.25, 0.3) is 0 Å². The van der Waals surface area contributed by atoms with E-state index in [4.69, 9.17) is 0 Å². The molecule has 0 saturated heterocycles. The van der Waals surface area contributed by atoms with Crippen molar-refractivity contribution < 1.29 is 0 Å². The van der Waals surface area contributed by atoms with E-state index in [1.54, 1.807) is 0 Å². The summed E-state index contributed by atoms with van der Waals surface area (Å²) in [5, 5.41) is 12.4. The van der Waals surface area contributed by atoms with Gasteiger partial charge in [-0.3, -0.25) is 0 Å². The number of para-hydroxylation sites is 4. The molecule has 16 aromatic rings. The van der Waals surface area contributed by atoms with Crippen LogP contribution in [0.25, 0.3) is 110 Å². The average molecular weight is 1050 g/mol. The third-order valence-corrected chi connectivity index (χ3v) is 16.9. The quantitative estimate of drug-likeness (QED) is 0.127. The summed E-state index contributed by atoms with van der Waals surface area (Å²) < 4.78 is 4.78. The van der Waals surface area contributed by atoms with Crippen molar-refractivity contribution in [3.05, 3.63) is 302 Å². The molecule has 14 aromatic carbocycles. The van der Waals surface area contributed by atoms with Crippen LogP contribution in [0.5, 0.6) is 0 Å². The molecule has 0 unspecified atom stereocenters. The van der Waals surface area contributed by atoms with Crippen LogP contribution in [0.15, 0.2) is 291 Å². The molecule has 0 atom stereocenters. The van der Waals surface area contributed by atoms with Crippen molar-refractivity contribution >= 4 is 110 Å². The normalized spacial score (nSPS) is 11.8. The van der Waals surface area contributed by atoms with Gasteiger partial charge in [-0.1, -0.05) is 169 Å². The highest BCUT2D eigenvalue weighted by Gasteiger charge is 2.23. The minimum atomic E-state index is 1.09. The van der Waals surface area contributed by atoms with Crippen molar-refractivity contribution in [2.24, 2.45) is 0 Å². The molecule has 386 valence electrons. The number of hydrogen-bond donors (Lipinski definition) is 0. The van der Waals surface area contributed by atoms with Crippen molar-refractivity contribution in [2.75, 3.05) is 9.80 Å². The van der Waals surface area contributed by atoms with E-state index in [1.807, 2.05) is 0 Å². The maximum atomic E-state index is 2.42. The highest BCUT2D eigenvalue weighted by Crippen LogP contribution is 2.48. The van der Waals surface area contributed by atoms with E-state index >= 15 is 0 Å². The lowest BCUT2D eigenvalue weighted by molar-refractivity contribution is 1.18. The molecule has 4 heteroatoms. The van der Waals surface area contributed by atoms with Crippen molar-refractivity contribution in [3.8, 4) is 33.6 Å². The molecule has 0 bridgehead atoms. The number of rotatable bonds is 10. The maximum Gasteiger partial charge on any atom is 0.0541 e. The Kier molecular flexibility index (Phi) is 11.0. The van der Waals surface area contributed by atoms with E-state index in [0.29, 0.717) is 0 Å². The van der Waals surface area contributed by atoms with Crippen LogP contribution in [0.3, 0.4) is 0 Å². The minimum Gasteiger partial charge on any atom is -0.310 e. The second-order valence-corrected chi connectivity index (χ2v) is 21.9. The SMILES string of the molecule is Cc1ccc2c(c1)c1cc(-c3ccc(N(c4ccccc4)c4ccc5ccc6c(N(c7ccccc7)c7ccc(-c8ccc9c(c8)c8cc(C)ccc8n9-c8ccccc8)cc7)ccc7ccc4c5c76)cc3)ccc1n2-c1ccccc1. The Morgan fingerprint density at radius 3 is 0.951 bits per heavy atom. The standard InChI is InChI=1S/C78H54N4/c1-51-23-41-73-67(47-51)69-49-57(33-45-75(69)81(73)61-19-11-5-12-20-61)53-25-35-63(36-26-53)79(59-15-7-3-8-16-59)71-43-31-55-30-40-66-72(44-32-56-29-39-65(71)77(55)78(56)66)80(60-17-9-4-10-18-60)64-37-27-54(28-38-64)58-34-46-76-70(50-58)68-48-52(2)24-42-74(68)82(76)62-21-13-6-14-22-62/h3-50H,1-2H3. The fraction of sp³-hybridized carbons (Fsp3) is 0.0256. The van der Waals surface area contributed by atoms with Crippen LogP contribution >= 0.6 is 0 Å². The maximum absolute atomic E-state index is 2.42. The summed E-state index contributed by atoms with van der Waals surface area (Å²) in [4.78, 5) is 4.85. The second kappa shape index (κ2) is 19.0. The lowest BCUT2D eigenvalue weighted by atomic mass is 9.91. The van der Waals surface area contributed by atoms with E-state index in [9.17, 15) is 0 Å². The molecule has 0 aliphatic carbocycles. The number of benzene rings is 14. The van der Waals surface area contributed by atoms with Gasteiger partial charge in [-0.05, 0) is 191 Å². The van der Waals surface area contributed by atoms with Gasteiger partial charge in [-0.2, -0.15) is 0 Å². The fourth-order valence-corrected chi connectivity index (χ4v) is 13.1. The van der Waals surface area contributed by atoms with E-state index in [1.165, 1.54) is 109 Å². The molecule has 0 spiro atoms. The summed E-state index contributed by atoms with van der Waals surface area (Å²) in [6, 6.07) is 107. The molecule has 0 N–H and O–H groups in total. The van der Waals surface area contributed by atoms with Crippen LogP contribution in [0, 0.1) is 13.8 Å². The van der Waals surface area contributed by atoms with Gasteiger partial charge in [0.05, 0.1) is 33.4 Å². The fourth-order valence-electron chi connectivity index (χ4n) is 13.1. The Hall–Kier alpha value is -10.7. The van der Waals surface area contributed by atoms with Gasteiger partial charge in [0.2, 0.25) is 0 Å². The molecule has 4 nitrogen and oxygen atoms in total. The first kappa shape index (κ1) is 47.3. The molecule has 0 aliphatic rings. The predicted molar refractivity (Wildman–Crippen MR) is 349 cm³/mol. The Morgan fingerprint density at radius 2 is 0.561 bits per heavy atom. The third kappa shape index (κ3) is 7.68. The summed E-state index contributed by atoms with van der Waals surface area (Å²) in [7, 11) is 0. The van der Waals surface area contributed by atoms with Crippen LogP contribution in [0.1, 0.15) is 11.1 Å². The lowest BCUT2D eigenvalue weighted by Crippen LogP contribution is -2.11. The molecule has 0 saturated carbocycles. The highest BCUT2D eigenvalue weighted by molar-refractivity contribution is 6.28. The predicted octanol–water partition coefficient (Wildman–Crippen LogP) is 21.7. The van der Waals surface area contributed by atoms with Gasteiger partial charge < -0.3 is 18.9 Å². The molecule has 0 amide bonds. The Labute approximate surface area is 476 Å². The van der Waals surface area contributed by atoms with E-state index in [0.717, 1.165) is 45.5 Å². The van der Waals surface area contributed by atoms with Gasteiger partial charge in [0.1, 0.15) is 0 Å². The van der Waals surface area contributed by atoms with Gasteiger partial charge in [0.15, 0.2) is 0 Å². The third-order valence-electron chi connectivity index (χ3n) is 16.9. The van der Waals surface area contributed by atoms with Crippen molar-refractivity contribution in [1.29, 1.82) is 0 Å². The number of hydrogen-bond acceptors (Lipinski definition) is 2. The Morgan fingerprint density at radius 1 is 0.244 bits per heavy atom. The first-order valence-corrected chi connectivity index (χ1v) is 28.3. The van der Waals surface area contributed by atoms with Gasteiger partial charge in [0, 0.05) is 66.4 Å². The number of aromatic nitrogens is 2. The topological polar surface area (TPSA) is 16.3 Å². The van der Waals surface area contributed by atoms with Crippen LogP contribution in [0.4, 0.5) is 34.1 Å². The molecular weight excluding hydrogens is 993 g/mol. The van der Waals surface area contributed by atoms with E-state index < -0.39 is 0 Å². The molecule has 16 rings (SSSR count). The smallest absolute Gasteiger partial charge is 0.0541 e. The van der Waals surface area contributed by atoms with Crippen molar-refractivity contribution in [2.45, 2.75) is 13.8 Å². The van der Waals surface area contributed by atoms with Gasteiger partial charge in [-0.25, -0.2) is 0 Å². The zero-order valence-electron chi connectivity index (χ0n) is 45.5. The summed E-state index contributed by atoms with van der Waals surface area (Å²) in [6.07, 6.45) is 0. The average Bonchev–Trinajstić information content (AvgIpc) is 3.73. The summed E-state index contributed by atoms with van der Waals surface area (Å²) >= 11 is 0. The number of anilines is 6. The van der Waals surface area contributed by atoms with Gasteiger partial charge >= 0.3 is 0 Å². The number of nitrogens with zero attached hydrogens (tertiary/aromatic N) is 4. The molecule has 0 aliphatic heterocycles. The molecule has 0 fully saturated rings. The van der Waals surface area contributed by atoms with E-state index in [2.05, 4.69) is 324 Å². The molecular formula is C78H54N4. The Bertz CT molecular complexity index is 4760. The van der Waals surface area contributed by atoms with E-state index in [-0.39, 0.29) is 0 Å². The first-order chi connectivity index (χ1) is 40.5. The van der Waals surface area contributed by atoms with Crippen LogP contribution < -0.4 is 9.80 Å². The summed E-state index contributed by atoms with van der Waals surface area (Å²) in [5.74, 6) is 0. The lowest BCUT2D eigenvalue weighted by Gasteiger charge is -2.29. The molecule has 82 heavy (non-hydrogen) atoms. The van der Waals surface area contributed by atoms with Crippen LogP contribution in [0.2, 0.25) is 0 Å². The van der Waals surface area contributed by atoms with Crippen LogP contribution in [-0.4, -0.2) is 9.13 Å². The zero-order valence-corrected chi connectivity index (χ0v) is 45.5. The number of aryl methyl sites for hydroxylation is 2. The van der Waals surface area contributed by atoms with Gasteiger partial charge in [-0.15, -0.1) is 0 Å². The first-order valence-electron chi connectivity index (χ1n) is 28.3. The summed E-state index contributed by atoms with van der Waals surface area (Å²) in [6.45, 7) is 4.36. The van der Waals surface area contributed by atoms with Crippen molar-refractivity contribution in [1.82, 2.24) is 9.13 Å². The monoisotopic (exact) mass is 1050 g/mol. The molecule has 2 aromatic heterocycles. The molecule has 0 radical (unpaired) electrons. The van der Waals surface area contributed by atoms with Crippen LogP contribution in [-0.2, 0) is 0 Å². The second-order valence-electron chi connectivity index (χ2n) is 21.9. The van der Waals surface area contributed by atoms with Crippen molar-refractivity contribution in [3.63, 3.8) is 0 Å². The Balaban J connectivity index is 0.790. The molecule has 2 heterocycles. The number of fused-ring (bicyclic) bond motifs is 6.